The number of rotatable bonds is 4. The van der Waals surface area contributed by atoms with Gasteiger partial charge in [-0.2, -0.15) is 5.26 Å². The van der Waals surface area contributed by atoms with Crippen LogP contribution in [-0.2, 0) is 6.54 Å². The molecule has 24 heavy (non-hydrogen) atoms. The van der Waals surface area contributed by atoms with Crippen molar-refractivity contribution in [2.45, 2.75) is 25.5 Å². The third kappa shape index (κ3) is 3.81. The molecule has 124 valence electrons. The average molecular weight is 326 g/mol. The molecule has 1 fully saturated rings. The SMILES string of the molecule is N#Cc1ccc(NCc2ccc(N3CCC(O)CC3)c(F)c2)nc1. The Morgan fingerprint density at radius 3 is 2.71 bits per heavy atom. The van der Waals surface area contributed by atoms with E-state index in [-0.39, 0.29) is 11.9 Å². The number of aliphatic hydroxyl groups excluding tert-OH is 1. The van der Waals surface area contributed by atoms with Crippen molar-refractivity contribution in [2.24, 2.45) is 0 Å². The summed E-state index contributed by atoms with van der Waals surface area (Å²) in [7, 11) is 0. The third-order valence-corrected chi connectivity index (χ3v) is 4.18. The van der Waals surface area contributed by atoms with Crippen molar-refractivity contribution in [3.63, 3.8) is 0 Å². The number of hydrogen-bond donors (Lipinski definition) is 2. The molecule has 0 spiro atoms. The second kappa shape index (κ2) is 7.28. The van der Waals surface area contributed by atoms with Crippen molar-refractivity contribution in [1.82, 2.24) is 4.98 Å². The molecule has 3 rings (SSSR count). The van der Waals surface area contributed by atoms with Crippen LogP contribution < -0.4 is 10.2 Å². The van der Waals surface area contributed by atoms with E-state index in [1.54, 1.807) is 18.2 Å². The first-order chi connectivity index (χ1) is 11.7. The molecule has 1 aromatic carbocycles. The highest BCUT2D eigenvalue weighted by Gasteiger charge is 2.19. The molecule has 2 N–H and O–H groups in total. The fraction of sp³-hybridized carbons (Fsp3) is 0.333. The lowest BCUT2D eigenvalue weighted by Crippen LogP contribution is -2.36. The molecule has 0 saturated carbocycles. The van der Waals surface area contributed by atoms with Crippen molar-refractivity contribution in [1.29, 1.82) is 5.26 Å². The van der Waals surface area contributed by atoms with Gasteiger partial charge in [-0.1, -0.05) is 6.07 Å². The third-order valence-electron chi connectivity index (χ3n) is 4.18. The van der Waals surface area contributed by atoms with Gasteiger partial charge in [-0.15, -0.1) is 0 Å². The normalized spacial score (nSPS) is 15.1. The van der Waals surface area contributed by atoms with E-state index in [1.807, 2.05) is 17.0 Å². The number of aromatic nitrogens is 1. The topological polar surface area (TPSA) is 72.2 Å². The standard InChI is InChI=1S/C18H19FN4O/c19-16-9-13(11-21-18-4-2-14(10-20)12-22-18)1-3-17(16)23-7-5-15(24)6-8-23/h1-4,9,12,15,24H,5-8,11H2,(H,21,22). The van der Waals surface area contributed by atoms with Gasteiger partial charge in [-0.25, -0.2) is 9.37 Å². The summed E-state index contributed by atoms with van der Waals surface area (Å²) in [6.45, 7) is 1.80. The number of piperidine rings is 1. The Bertz CT molecular complexity index is 734. The molecule has 2 heterocycles. The highest BCUT2D eigenvalue weighted by atomic mass is 19.1. The van der Waals surface area contributed by atoms with Gasteiger partial charge in [0, 0.05) is 25.8 Å². The van der Waals surface area contributed by atoms with Crippen molar-refractivity contribution >= 4 is 11.5 Å². The Labute approximate surface area is 140 Å². The van der Waals surface area contributed by atoms with Gasteiger partial charge < -0.3 is 15.3 Å². The maximum atomic E-state index is 14.4. The quantitative estimate of drug-likeness (QED) is 0.904. The molecular weight excluding hydrogens is 307 g/mol. The second-order valence-corrected chi connectivity index (χ2v) is 5.90. The van der Waals surface area contributed by atoms with E-state index in [0.717, 1.165) is 5.56 Å². The van der Waals surface area contributed by atoms with Gasteiger partial charge >= 0.3 is 0 Å². The zero-order valence-electron chi connectivity index (χ0n) is 13.2. The van der Waals surface area contributed by atoms with E-state index in [0.29, 0.717) is 49.5 Å². The summed E-state index contributed by atoms with van der Waals surface area (Å²) < 4.78 is 14.4. The lowest BCUT2D eigenvalue weighted by Gasteiger charge is -2.31. The summed E-state index contributed by atoms with van der Waals surface area (Å²) in [5.41, 5.74) is 1.91. The fourth-order valence-electron chi connectivity index (χ4n) is 2.78. The monoisotopic (exact) mass is 326 g/mol. The molecule has 0 unspecified atom stereocenters. The van der Waals surface area contributed by atoms with Crippen LogP contribution in [-0.4, -0.2) is 29.3 Å². The number of aliphatic hydroxyl groups is 1. The number of halogens is 1. The number of hydrogen-bond acceptors (Lipinski definition) is 5. The number of anilines is 2. The maximum Gasteiger partial charge on any atom is 0.146 e. The Hall–Kier alpha value is -2.65. The highest BCUT2D eigenvalue weighted by Crippen LogP contribution is 2.24. The summed E-state index contributed by atoms with van der Waals surface area (Å²) in [5.74, 6) is 0.391. The number of nitrogens with one attached hydrogen (secondary N) is 1. The average Bonchev–Trinajstić information content (AvgIpc) is 2.61. The molecule has 1 aliphatic heterocycles. The molecule has 5 nitrogen and oxygen atoms in total. The molecule has 0 bridgehead atoms. The number of nitrogens with zero attached hydrogens (tertiary/aromatic N) is 3. The molecule has 2 aromatic rings. The molecule has 0 atom stereocenters. The van der Waals surface area contributed by atoms with Crippen molar-refractivity contribution < 1.29 is 9.50 Å². The molecule has 6 heteroatoms. The van der Waals surface area contributed by atoms with E-state index in [4.69, 9.17) is 5.26 Å². The predicted molar refractivity (Wildman–Crippen MR) is 90.1 cm³/mol. The summed E-state index contributed by atoms with van der Waals surface area (Å²) in [6.07, 6.45) is 2.57. The molecule has 1 saturated heterocycles. The molecule has 0 amide bonds. The summed E-state index contributed by atoms with van der Waals surface area (Å²) in [6, 6.07) is 10.6. The van der Waals surface area contributed by atoms with Crippen molar-refractivity contribution in [3.8, 4) is 6.07 Å². The van der Waals surface area contributed by atoms with Gasteiger partial charge in [0.2, 0.25) is 0 Å². The zero-order chi connectivity index (χ0) is 16.9. The van der Waals surface area contributed by atoms with Crippen LogP contribution in [0.1, 0.15) is 24.0 Å². The highest BCUT2D eigenvalue weighted by molar-refractivity contribution is 5.50. The Kier molecular flexibility index (Phi) is 4.92. The van der Waals surface area contributed by atoms with Crippen molar-refractivity contribution in [2.75, 3.05) is 23.3 Å². The minimum absolute atomic E-state index is 0.251. The van der Waals surface area contributed by atoms with Crippen LogP contribution in [0.3, 0.4) is 0 Å². The minimum Gasteiger partial charge on any atom is -0.393 e. The van der Waals surface area contributed by atoms with Gasteiger partial charge in [0.05, 0.1) is 17.4 Å². The maximum absolute atomic E-state index is 14.4. The number of benzene rings is 1. The molecule has 0 radical (unpaired) electrons. The minimum atomic E-state index is -0.271. The van der Waals surface area contributed by atoms with Gasteiger partial charge in [0.25, 0.3) is 0 Å². The Morgan fingerprint density at radius 2 is 2.08 bits per heavy atom. The lowest BCUT2D eigenvalue weighted by molar-refractivity contribution is 0.145. The van der Waals surface area contributed by atoms with Gasteiger partial charge in [-0.3, -0.25) is 0 Å². The van der Waals surface area contributed by atoms with Gasteiger partial charge in [-0.05, 0) is 42.7 Å². The van der Waals surface area contributed by atoms with Crippen molar-refractivity contribution in [3.05, 3.63) is 53.5 Å². The Balaban J connectivity index is 1.63. The van der Waals surface area contributed by atoms with Crippen LogP contribution in [0.5, 0.6) is 0 Å². The smallest absolute Gasteiger partial charge is 0.146 e. The number of pyridine rings is 1. The first-order valence-corrected chi connectivity index (χ1v) is 7.97. The van der Waals surface area contributed by atoms with E-state index < -0.39 is 0 Å². The largest absolute Gasteiger partial charge is 0.393 e. The fourth-order valence-corrected chi connectivity index (χ4v) is 2.78. The van der Waals surface area contributed by atoms with E-state index in [1.165, 1.54) is 12.3 Å². The van der Waals surface area contributed by atoms with Gasteiger partial charge in [0.1, 0.15) is 17.7 Å². The second-order valence-electron chi connectivity index (χ2n) is 5.90. The van der Waals surface area contributed by atoms with Crippen LogP contribution in [0, 0.1) is 17.1 Å². The van der Waals surface area contributed by atoms with Gasteiger partial charge in [0.15, 0.2) is 0 Å². The lowest BCUT2D eigenvalue weighted by atomic mass is 10.1. The molecule has 0 aliphatic carbocycles. The number of nitriles is 1. The van der Waals surface area contributed by atoms with Crippen LogP contribution in [0.4, 0.5) is 15.9 Å². The summed E-state index contributed by atoms with van der Waals surface area (Å²) in [5, 5.41) is 21.4. The molecule has 1 aromatic heterocycles. The van der Waals surface area contributed by atoms with E-state index >= 15 is 0 Å². The Morgan fingerprint density at radius 1 is 1.29 bits per heavy atom. The molecule has 1 aliphatic rings. The summed E-state index contributed by atoms with van der Waals surface area (Å²) in [4.78, 5) is 6.10. The first-order valence-electron chi connectivity index (χ1n) is 7.97. The van der Waals surface area contributed by atoms with Crippen LogP contribution in [0.2, 0.25) is 0 Å². The van der Waals surface area contributed by atoms with E-state index in [2.05, 4.69) is 10.3 Å². The zero-order valence-corrected chi connectivity index (χ0v) is 13.2. The first kappa shape index (κ1) is 16.2. The van der Waals surface area contributed by atoms with Crippen LogP contribution in [0.25, 0.3) is 0 Å². The molecular formula is C18H19FN4O. The predicted octanol–water partition coefficient (Wildman–Crippen LogP) is 2.67. The van der Waals surface area contributed by atoms with Crippen LogP contribution >= 0.6 is 0 Å². The van der Waals surface area contributed by atoms with Crippen LogP contribution in [0.15, 0.2) is 36.5 Å². The summed E-state index contributed by atoms with van der Waals surface area (Å²) >= 11 is 0. The van der Waals surface area contributed by atoms with E-state index in [9.17, 15) is 9.50 Å².